The van der Waals surface area contributed by atoms with E-state index in [9.17, 15) is 19.6 Å². The number of likely N-dealkylation sites (tertiary alicyclic amines) is 1. The molecule has 8 nitrogen and oxygen atoms in total. The second kappa shape index (κ2) is 11.9. The molecule has 2 saturated carbocycles. The number of rotatable bonds is 10. The minimum atomic E-state index is -0.636. The monoisotopic (exact) mass is 564 g/mol. The van der Waals surface area contributed by atoms with Crippen molar-refractivity contribution in [1.29, 1.82) is 0 Å². The van der Waals surface area contributed by atoms with Gasteiger partial charge in [-0.05, 0) is 41.7 Å². The van der Waals surface area contributed by atoms with Crippen LogP contribution in [0.3, 0.4) is 0 Å². The summed E-state index contributed by atoms with van der Waals surface area (Å²) in [6.45, 7) is 4.05. The van der Waals surface area contributed by atoms with Gasteiger partial charge in [0, 0.05) is 42.6 Å². The maximum absolute atomic E-state index is 13.6. The first-order valence-electron chi connectivity index (χ1n) is 14.6. The zero-order valence-corrected chi connectivity index (χ0v) is 23.4. The lowest BCUT2D eigenvalue weighted by Gasteiger charge is -2.18. The molecule has 0 radical (unpaired) electrons. The second-order valence-electron chi connectivity index (χ2n) is 11.6. The molecule has 4 N–H and O–H groups in total. The van der Waals surface area contributed by atoms with Crippen LogP contribution in [0.15, 0.2) is 97.6 Å². The van der Waals surface area contributed by atoms with Crippen LogP contribution in [0.25, 0.3) is 0 Å². The summed E-state index contributed by atoms with van der Waals surface area (Å²) in [5, 5.41) is 15.7. The van der Waals surface area contributed by atoms with E-state index < -0.39 is 17.9 Å². The van der Waals surface area contributed by atoms with Crippen molar-refractivity contribution in [3.05, 3.63) is 120 Å². The van der Waals surface area contributed by atoms with Gasteiger partial charge < -0.3 is 20.7 Å². The number of amides is 3. The van der Waals surface area contributed by atoms with Crippen molar-refractivity contribution in [2.75, 3.05) is 13.1 Å². The highest BCUT2D eigenvalue weighted by atomic mass is 16.5. The summed E-state index contributed by atoms with van der Waals surface area (Å²) in [5.74, 6) is -1.32. The summed E-state index contributed by atoms with van der Waals surface area (Å²) >= 11 is 0. The number of carbonyl (C=O) groups excluding carboxylic acids is 3. The van der Waals surface area contributed by atoms with Gasteiger partial charge in [-0.15, -0.1) is 6.58 Å². The molecule has 0 aromatic heterocycles. The Balaban J connectivity index is 1.15. The standard InChI is InChI=1S/C34H36N4O4/c1-2-29(37-42)23-13-15-24(16-14-23)34(41)38-19-27(32(39)35-30-17-25(30)21-9-5-3-6-10-21)28(20-38)33(40)36-31-18-26(31)22-11-7-4-8-12-22/h2-16,25-31,37,42H,1,17-20H2,(H,35,39)(H,36,40)/t25-,26-,27-,28-,29?,30+,31+/m1/s1. The van der Waals surface area contributed by atoms with Crippen LogP contribution in [0.2, 0.25) is 0 Å². The number of benzene rings is 3. The highest BCUT2D eigenvalue weighted by molar-refractivity contribution is 5.97. The van der Waals surface area contributed by atoms with Gasteiger partial charge >= 0.3 is 0 Å². The molecule has 3 fully saturated rings. The normalized spacial score (nSPS) is 26.6. The van der Waals surface area contributed by atoms with Gasteiger partial charge in [0.2, 0.25) is 11.8 Å². The van der Waals surface area contributed by atoms with E-state index >= 15 is 0 Å². The lowest BCUT2D eigenvalue weighted by Crippen LogP contribution is -2.43. The van der Waals surface area contributed by atoms with Crippen LogP contribution in [0, 0.1) is 11.8 Å². The molecule has 1 unspecified atom stereocenters. The van der Waals surface area contributed by atoms with Gasteiger partial charge in [0.05, 0.1) is 17.9 Å². The predicted molar refractivity (Wildman–Crippen MR) is 159 cm³/mol. The molecule has 6 rings (SSSR count). The number of nitrogens with one attached hydrogen (secondary N) is 3. The molecule has 7 atom stereocenters. The molecule has 1 saturated heterocycles. The zero-order chi connectivity index (χ0) is 29.2. The van der Waals surface area contributed by atoms with Crippen molar-refractivity contribution in [2.24, 2.45) is 11.8 Å². The van der Waals surface area contributed by atoms with Gasteiger partial charge in [0.1, 0.15) is 0 Å². The Bertz CT molecular complexity index is 1370. The lowest BCUT2D eigenvalue weighted by molar-refractivity contribution is -0.133. The van der Waals surface area contributed by atoms with Crippen LogP contribution < -0.4 is 16.1 Å². The van der Waals surface area contributed by atoms with E-state index in [0.29, 0.717) is 5.56 Å². The highest BCUT2D eigenvalue weighted by Crippen LogP contribution is 2.42. The van der Waals surface area contributed by atoms with E-state index in [-0.39, 0.29) is 54.7 Å². The van der Waals surface area contributed by atoms with Gasteiger partial charge in [-0.1, -0.05) is 78.9 Å². The van der Waals surface area contributed by atoms with Crippen molar-refractivity contribution in [3.8, 4) is 0 Å². The average Bonchev–Trinajstić information content (AvgIpc) is 3.93. The number of hydrogen-bond acceptors (Lipinski definition) is 5. The van der Waals surface area contributed by atoms with Crippen LogP contribution in [-0.4, -0.2) is 53.0 Å². The van der Waals surface area contributed by atoms with Crippen molar-refractivity contribution < 1.29 is 19.6 Å². The fourth-order valence-electron chi connectivity index (χ4n) is 6.21. The lowest BCUT2D eigenvalue weighted by atomic mass is 9.94. The fraction of sp³-hybridized carbons (Fsp3) is 0.324. The number of hydroxylamine groups is 1. The molecule has 8 heteroatoms. The molecule has 3 aliphatic rings. The zero-order valence-electron chi connectivity index (χ0n) is 23.4. The molecule has 0 bridgehead atoms. The van der Waals surface area contributed by atoms with E-state index in [1.807, 2.05) is 36.4 Å². The molecule has 3 aromatic carbocycles. The Labute approximate surface area is 245 Å². The van der Waals surface area contributed by atoms with E-state index in [1.54, 1.807) is 35.2 Å². The maximum atomic E-state index is 13.6. The highest BCUT2D eigenvalue weighted by Gasteiger charge is 2.48. The number of nitrogens with zero attached hydrogens (tertiary/aromatic N) is 1. The van der Waals surface area contributed by atoms with Crippen LogP contribution in [-0.2, 0) is 9.59 Å². The van der Waals surface area contributed by atoms with Crippen LogP contribution in [0.1, 0.15) is 57.8 Å². The third-order valence-corrected chi connectivity index (χ3v) is 8.86. The summed E-state index contributed by atoms with van der Waals surface area (Å²) < 4.78 is 0. The molecule has 1 aliphatic heterocycles. The molecule has 3 aromatic rings. The van der Waals surface area contributed by atoms with Crippen molar-refractivity contribution in [3.63, 3.8) is 0 Å². The summed E-state index contributed by atoms with van der Waals surface area (Å²) in [4.78, 5) is 42.3. The quantitative estimate of drug-likeness (QED) is 0.220. The smallest absolute Gasteiger partial charge is 0.253 e. The maximum Gasteiger partial charge on any atom is 0.253 e. The van der Waals surface area contributed by atoms with Crippen molar-refractivity contribution >= 4 is 17.7 Å². The summed E-state index contributed by atoms with van der Waals surface area (Å²) in [7, 11) is 0. The minimum Gasteiger partial charge on any atom is -0.352 e. The van der Waals surface area contributed by atoms with Crippen LogP contribution >= 0.6 is 0 Å². The number of carbonyl (C=O) groups is 3. The Kier molecular flexibility index (Phi) is 7.91. The van der Waals surface area contributed by atoms with Gasteiger partial charge in [0.15, 0.2) is 0 Å². The molecular weight excluding hydrogens is 528 g/mol. The molecule has 0 spiro atoms. The van der Waals surface area contributed by atoms with Crippen LogP contribution in [0.5, 0.6) is 0 Å². The Hall–Kier alpha value is -4.27. The van der Waals surface area contributed by atoms with Crippen molar-refractivity contribution in [2.45, 2.75) is 42.8 Å². The van der Waals surface area contributed by atoms with Crippen molar-refractivity contribution in [1.82, 2.24) is 21.0 Å². The molecule has 2 aliphatic carbocycles. The fourth-order valence-corrected chi connectivity index (χ4v) is 6.21. The molecule has 1 heterocycles. The van der Waals surface area contributed by atoms with Gasteiger partial charge in [-0.2, -0.15) is 5.48 Å². The average molecular weight is 565 g/mol. The first-order valence-corrected chi connectivity index (χ1v) is 14.6. The summed E-state index contributed by atoms with van der Waals surface area (Å²) in [6, 6.07) is 26.7. The van der Waals surface area contributed by atoms with E-state index in [4.69, 9.17) is 0 Å². The molecule has 216 valence electrons. The van der Waals surface area contributed by atoms with E-state index in [0.717, 1.165) is 18.4 Å². The van der Waals surface area contributed by atoms with Crippen LogP contribution in [0.4, 0.5) is 0 Å². The Morgan fingerprint density at radius 1 is 0.762 bits per heavy atom. The van der Waals surface area contributed by atoms with E-state index in [2.05, 4.69) is 47.0 Å². The third-order valence-electron chi connectivity index (χ3n) is 8.86. The van der Waals surface area contributed by atoms with Gasteiger partial charge in [-0.3, -0.25) is 14.4 Å². The molecule has 3 amide bonds. The van der Waals surface area contributed by atoms with Gasteiger partial charge in [0.25, 0.3) is 5.91 Å². The Morgan fingerprint density at radius 3 is 1.67 bits per heavy atom. The predicted octanol–water partition coefficient (Wildman–Crippen LogP) is 3.93. The minimum absolute atomic E-state index is 0.0322. The largest absolute Gasteiger partial charge is 0.352 e. The third kappa shape index (κ3) is 5.86. The van der Waals surface area contributed by atoms with E-state index in [1.165, 1.54) is 11.1 Å². The SMILES string of the molecule is C=CC(NO)c1ccc(C(=O)N2C[C@@H](C(=O)N[C@H]3C[C@@H]3c3ccccc3)[C@H](C(=O)N[C@H]3C[C@@H]3c3ccccc3)C2)cc1. The first kappa shape index (κ1) is 27.9. The Morgan fingerprint density at radius 2 is 1.24 bits per heavy atom. The van der Waals surface area contributed by atoms with Gasteiger partial charge in [-0.25, -0.2) is 0 Å². The first-order chi connectivity index (χ1) is 20.5. The summed E-state index contributed by atoms with van der Waals surface area (Å²) in [5.41, 5.74) is 5.78. The summed E-state index contributed by atoms with van der Waals surface area (Å²) in [6.07, 6.45) is 3.29. The number of hydrogen-bond donors (Lipinski definition) is 4. The molecular formula is C34H36N4O4. The topological polar surface area (TPSA) is 111 Å². The second-order valence-corrected chi connectivity index (χ2v) is 11.6. The molecule has 42 heavy (non-hydrogen) atoms.